The molecule has 0 aliphatic rings. The Kier molecular flexibility index (Phi) is 5.55. The van der Waals surface area contributed by atoms with Crippen molar-refractivity contribution in [3.8, 4) is 0 Å². The van der Waals surface area contributed by atoms with Gasteiger partial charge in [0.2, 0.25) is 0 Å². The first-order valence-corrected chi connectivity index (χ1v) is 6.54. The molecule has 0 aromatic heterocycles. The van der Waals surface area contributed by atoms with E-state index in [-0.39, 0.29) is 12.5 Å². The zero-order chi connectivity index (χ0) is 14.4. The van der Waals surface area contributed by atoms with Crippen LogP contribution < -0.4 is 5.32 Å². The third kappa shape index (κ3) is 4.39. The molecule has 0 spiro atoms. The number of aryl methyl sites for hydroxylation is 2. The Bertz CT molecular complexity index is 468. The molecule has 0 bridgehead atoms. The summed E-state index contributed by atoms with van der Waals surface area (Å²) in [5.74, 6) is -1.58. The molecule has 0 saturated heterocycles. The van der Waals surface area contributed by atoms with Gasteiger partial charge in [0.1, 0.15) is 0 Å². The van der Waals surface area contributed by atoms with Crippen LogP contribution in [0, 0.1) is 19.8 Å². The minimum absolute atomic E-state index is 0.176. The van der Waals surface area contributed by atoms with E-state index in [0.29, 0.717) is 12.0 Å². The second kappa shape index (κ2) is 6.92. The molecule has 0 aliphatic heterocycles. The van der Waals surface area contributed by atoms with Crippen molar-refractivity contribution in [3.63, 3.8) is 0 Å². The number of amides is 1. The van der Waals surface area contributed by atoms with Crippen LogP contribution in [-0.4, -0.2) is 23.5 Å². The van der Waals surface area contributed by atoms with Crippen molar-refractivity contribution in [2.75, 3.05) is 6.54 Å². The van der Waals surface area contributed by atoms with Gasteiger partial charge in [-0.25, -0.2) is 0 Å². The van der Waals surface area contributed by atoms with Crippen LogP contribution in [0.15, 0.2) is 18.2 Å². The SMILES string of the molecule is CCCC(CNC(=O)c1cc(C)ccc1C)C(=O)O. The fourth-order valence-electron chi connectivity index (χ4n) is 1.95. The third-order valence-electron chi connectivity index (χ3n) is 3.13. The molecular formula is C15H21NO3. The first-order chi connectivity index (χ1) is 8.95. The van der Waals surface area contributed by atoms with E-state index in [1.807, 2.05) is 39.0 Å². The summed E-state index contributed by atoms with van der Waals surface area (Å²) in [6.07, 6.45) is 1.36. The van der Waals surface area contributed by atoms with Crippen LogP contribution in [0.2, 0.25) is 0 Å². The Labute approximate surface area is 113 Å². The lowest BCUT2D eigenvalue weighted by Crippen LogP contribution is -2.33. The van der Waals surface area contributed by atoms with Crippen LogP contribution >= 0.6 is 0 Å². The van der Waals surface area contributed by atoms with Gasteiger partial charge < -0.3 is 10.4 Å². The Hall–Kier alpha value is -1.84. The molecule has 4 nitrogen and oxygen atoms in total. The topological polar surface area (TPSA) is 66.4 Å². The Morgan fingerprint density at radius 1 is 1.32 bits per heavy atom. The Balaban J connectivity index is 2.69. The van der Waals surface area contributed by atoms with Gasteiger partial charge in [-0.15, -0.1) is 0 Å². The maximum Gasteiger partial charge on any atom is 0.308 e. The molecule has 0 heterocycles. The molecule has 0 saturated carbocycles. The number of carboxylic acids is 1. The average molecular weight is 263 g/mol. The van der Waals surface area contributed by atoms with Crippen LogP contribution in [-0.2, 0) is 4.79 Å². The summed E-state index contributed by atoms with van der Waals surface area (Å²) < 4.78 is 0. The zero-order valence-electron chi connectivity index (χ0n) is 11.7. The van der Waals surface area contributed by atoms with Crippen LogP contribution in [0.25, 0.3) is 0 Å². The molecule has 0 fully saturated rings. The van der Waals surface area contributed by atoms with Crippen molar-refractivity contribution >= 4 is 11.9 Å². The third-order valence-corrected chi connectivity index (χ3v) is 3.13. The summed E-state index contributed by atoms with van der Waals surface area (Å²) in [7, 11) is 0. The number of carboxylic acid groups (broad SMARTS) is 1. The molecule has 1 aromatic carbocycles. The summed E-state index contributed by atoms with van der Waals surface area (Å²) in [5, 5.41) is 11.7. The largest absolute Gasteiger partial charge is 0.481 e. The van der Waals surface area contributed by atoms with Crippen molar-refractivity contribution in [3.05, 3.63) is 34.9 Å². The van der Waals surface area contributed by atoms with Crippen molar-refractivity contribution in [2.24, 2.45) is 5.92 Å². The maximum absolute atomic E-state index is 12.0. The molecule has 1 atom stereocenters. The molecule has 4 heteroatoms. The average Bonchev–Trinajstić information content (AvgIpc) is 2.36. The highest BCUT2D eigenvalue weighted by Crippen LogP contribution is 2.11. The van der Waals surface area contributed by atoms with Gasteiger partial charge in [-0.2, -0.15) is 0 Å². The lowest BCUT2D eigenvalue weighted by molar-refractivity contribution is -0.141. The minimum Gasteiger partial charge on any atom is -0.481 e. The number of carbonyl (C=O) groups excluding carboxylic acids is 1. The fourth-order valence-corrected chi connectivity index (χ4v) is 1.95. The maximum atomic E-state index is 12.0. The highest BCUT2D eigenvalue weighted by molar-refractivity contribution is 5.96. The monoisotopic (exact) mass is 263 g/mol. The first-order valence-electron chi connectivity index (χ1n) is 6.54. The first kappa shape index (κ1) is 15.2. The van der Waals surface area contributed by atoms with Gasteiger partial charge in [0.25, 0.3) is 5.91 Å². The number of nitrogens with one attached hydrogen (secondary N) is 1. The molecule has 1 aromatic rings. The van der Waals surface area contributed by atoms with E-state index >= 15 is 0 Å². The molecule has 104 valence electrons. The van der Waals surface area contributed by atoms with Crippen LogP contribution in [0.4, 0.5) is 0 Å². The van der Waals surface area contributed by atoms with Gasteiger partial charge in [0.15, 0.2) is 0 Å². The number of benzene rings is 1. The number of hydrogen-bond acceptors (Lipinski definition) is 2. The zero-order valence-corrected chi connectivity index (χ0v) is 11.7. The van der Waals surface area contributed by atoms with E-state index in [1.54, 1.807) is 0 Å². The summed E-state index contributed by atoms with van der Waals surface area (Å²) >= 11 is 0. The van der Waals surface area contributed by atoms with E-state index in [2.05, 4.69) is 5.32 Å². The standard InChI is InChI=1S/C15H21NO3/c1-4-5-12(15(18)19)9-16-14(17)13-8-10(2)6-7-11(13)3/h6-8,12H,4-5,9H2,1-3H3,(H,16,17)(H,18,19). The van der Waals surface area contributed by atoms with E-state index in [0.717, 1.165) is 17.5 Å². The Morgan fingerprint density at radius 2 is 2.00 bits per heavy atom. The second-order valence-corrected chi connectivity index (χ2v) is 4.85. The van der Waals surface area contributed by atoms with Crippen LogP contribution in [0.1, 0.15) is 41.3 Å². The smallest absolute Gasteiger partial charge is 0.308 e. The molecular weight excluding hydrogens is 242 g/mol. The van der Waals surface area contributed by atoms with Crippen LogP contribution in [0.5, 0.6) is 0 Å². The van der Waals surface area contributed by atoms with Gasteiger partial charge >= 0.3 is 5.97 Å². The normalized spacial score (nSPS) is 11.9. The van der Waals surface area contributed by atoms with Crippen LogP contribution in [0.3, 0.4) is 0 Å². The van der Waals surface area contributed by atoms with E-state index in [1.165, 1.54) is 0 Å². The van der Waals surface area contributed by atoms with Gasteiger partial charge in [-0.3, -0.25) is 9.59 Å². The second-order valence-electron chi connectivity index (χ2n) is 4.85. The molecule has 1 amide bonds. The molecule has 1 unspecified atom stereocenters. The number of rotatable bonds is 6. The Morgan fingerprint density at radius 3 is 2.58 bits per heavy atom. The summed E-state index contributed by atoms with van der Waals surface area (Å²) in [6, 6.07) is 5.66. The fraction of sp³-hybridized carbons (Fsp3) is 0.467. The number of hydrogen-bond donors (Lipinski definition) is 2. The number of carbonyl (C=O) groups is 2. The van der Waals surface area contributed by atoms with E-state index < -0.39 is 11.9 Å². The summed E-state index contributed by atoms with van der Waals surface area (Å²) in [4.78, 5) is 23.1. The summed E-state index contributed by atoms with van der Waals surface area (Å²) in [6.45, 7) is 5.90. The van der Waals surface area contributed by atoms with Crippen molar-refractivity contribution in [2.45, 2.75) is 33.6 Å². The molecule has 0 aliphatic carbocycles. The quantitative estimate of drug-likeness (QED) is 0.828. The predicted molar refractivity (Wildman–Crippen MR) is 74.3 cm³/mol. The lowest BCUT2D eigenvalue weighted by atomic mass is 10.0. The van der Waals surface area contributed by atoms with E-state index in [4.69, 9.17) is 5.11 Å². The molecule has 2 N–H and O–H groups in total. The highest BCUT2D eigenvalue weighted by Gasteiger charge is 2.18. The predicted octanol–water partition coefficient (Wildman–Crippen LogP) is 2.53. The van der Waals surface area contributed by atoms with Crippen molar-refractivity contribution in [1.82, 2.24) is 5.32 Å². The van der Waals surface area contributed by atoms with E-state index in [9.17, 15) is 9.59 Å². The van der Waals surface area contributed by atoms with Crippen molar-refractivity contribution < 1.29 is 14.7 Å². The van der Waals surface area contributed by atoms with Gasteiger partial charge in [-0.05, 0) is 31.9 Å². The minimum atomic E-state index is -0.858. The summed E-state index contributed by atoms with van der Waals surface area (Å²) in [5.41, 5.74) is 2.52. The number of aliphatic carboxylic acids is 1. The molecule has 0 radical (unpaired) electrons. The highest BCUT2D eigenvalue weighted by atomic mass is 16.4. The van der Waals surface area contributed by atoms with Crippen molar-refractivity contribution in [1.29, 1.82) is 0 Å². The van der Waals surface area contributed by atoms with Gasteiger partial charge in [0, 0.05) is 12.1 Å². The lowest BCUT2D eigenvalue weighted by Gasteiger charge is -2.13. The molecule has 1 rings (SSSR count). The molecule has 19 heavy (non-hydrogen) atoms. The van der Waals surface area contributed by atoms with Gasteiger partial charge in [-0.1, -0.05) is 31.0 Å². The van der Waals surface area contributed by atoms with Gasteiger partial charge in [0.05, 0.1) is 5.92 Å².